The van der Waals surface area contributed by atoms with Crippen molar-refractivity contribution in [2.75, 3.05) is 24.5 Å². The minimum Gasteiger partial charge on any atom is -0.321 e. The van der Waals surface area contributed by atoms with Crippen LogP contribution in [0.15, 0.2) is 58.2 Å². The molecule has 0 bridgehead atoms. The number of quaternary nitrogens is 1. The number of nitrogens with zero attached hydrogens (tertiary/aromatic N) is 2. The van der Waals surface area contributed by atoms with E-state index in [9.17, 15) is 9.59 Å². The first-order chi connectivity index (χ1) is 14.5. The Hall–Kier alpha value is -2.64. The average molecular weight is 424 g/mol. The summed E-state index contributed by atoms with van der Waals surface area (Å²) in [5, 5.41) is 1.06. The number of nitrogens with one attached hydrogen (secondary N) is 2. The first-order valence-electron chi connectivity index (χ1n) is 10.4. The van der Waals surface area contributed by atoms with Crippen molar-refractivity contribution in [2.45, 2.75) is 37.0 Å². The van der Waals surface area contributed by atoms with Crippen molar-refractivity contribution in [3.63, 3.8) is 0 Å². The van der Waals surface area contributed by atoms with E-state index in [-0.39, 0.29) is 11.5 Å². The van der Waals surface area contributed by atoms with Crippen molar-refractivity contribution in [2.24, 2.45) is 0 Å². The molecule has 0 aliphatic carbocycles. The van der Waals surface area contributed by atoms with Gasteiger partial charge in [0.25, 0.3) is 11.5 Å². The maximum atomic E-state index is 13.3. The van der Waals surface area contributed by atoms with Crippen LogP contribution in [0.1, 0.15) is 26.1 Å². The van der Waals surface area contributed by atoms with Gasteiger partial charge in [-0.15, -0.1) is 11.8 Å². The summed E-state index contributed by atoms with van der Waals surface area (Å²) in [6.07, 6.45) is 0.964. The molecule has 1 aliphatic heterocycles. The first kappa shape index (κ1) is 20.6. The zero-order valence-corrected chi connectivity index (χ0v) is 18.2. The van der Waals surface area contributed by atoms with Crippen molar-refractivity contribution in [3.8, 4) is 0 Å². The van der Waals surface area contributed by atoms with Gasteiger partial charge in [-0.3, -0.25) is 9.59 Å². The van der Waals surface area contributed by atoms with Gasteiger partial charge >= 0.3 is 0 Å². The van der Waals surface area contributed by atoms with E-state index in [0.29, 0.717) is 35.1 Å². The lowest BCUT2D eigenvalue weighted by Crippen LogP contribution is -3.11. The summed E-state index contributed by atoms with van der Waals surface area (Å²) < 4.78 is 0. The molecule has 0 saturated carbocycles. The molecule has 2 aromatic carbocycles. The van der Waals surface area contributed by atoms with Crippen LogP contribution in [-0.4, -0.2) is 40.8 Å². The molecule has 2 atom stereocenters. The summed E-state index contributed by atoms with van der Waals surface area (Å²) in [4.78, 5) is 37.3. The Morgan fingerprint density at radius 1 is 1.23 bits per heavy atom. The van der Waals surface area contributed by atoms with Crippen LogP contribution in [0.4, 0.5) is 5.69 Å². The lowest BCUT2D eigenvalue weighted by Gasteiger charge is -2.25. The Kier molecular flexibility index (Phi) is 6.20. The third kappa shape index (κ3) is 4.42. The second kappa shape index (κ2) is 9.02. The monoisotopic (exact) mass is 423 g/mol. The smallest absolute Gasteiger partial charge is 0.282 e. The van der Waals surface area contributed by atoms with Gasteiger partial charge in [-0.2, -0.15) is 0 Å². The van der Waals surface area contributed by atoms with E-state index in [1.54, 1.807) is 6.07 Å². The number of rotatable bonds is 5. The number of aromatic amines is 1. The molecule has 3 aromatic rings. The van der Waals surface area contributed by atoms with Gasteiger partial charge in [0.15, 0.2) is 12.4 Å². The highest BCUT2D eigenvalue weighted by molar-refractivity contribution is 8.00. The van der Waals surface area contributed by atoms with Crippen molar-refractivity contribution in [1.82, 2.24) is 9.97 Å². The molecule has 2 N–H and O–H groups in total. The Morgan fingerprint density at radius 3 is 2.83 bits per heavy atom. The number of anilines is 1. The number of thioether (sulfide) groups is 1. The van der Waals surface area contributed by atoms with Gasteiger partial charge in [-0.05, 0) is 37.6 Å². The predicted octanol–water partition coefficient (Wildman–Crippen LogP) is 2.25. The Bertz CT molecular complexity index is 1110. The number of para-hydroxylation sites is 2. The molecule has 30 heavy (non-hydrogen) atoms. The molecule has 6 nitrogen and oxygen atoms in total. The van der Waals surface area contributed by atoms with E-state index in [0.717, 1.165) is 35.0 Å². The highest BCUT2D eigenvalue weighted by Crippen LogP contribution is 2.37. The molecule has 2 heterocycles. The minimum atomic E-state index is -0.134. The number of fused-ring (bicyclic) bond motifs is 2. The van der Waals surface area contributed by atoms with Crippen LogP contribution < -0.4 is 15.4 Å². The second-order valence-electron chi connectivity index (χ2n) is 7.72. The van der Waals surface area contributed by atoms with Gasteiger partial charge in [-0.1, -0.05) is 31.2 Å². The topological polar surface area (TPSA) is 70.5 Å². The number of carbonyl (C=O) groups is 1. The lowest BCUT2D eigenvalue weighted by atomic mass is 10.2. The van der Waals surface area contributed by atoms with Gasteiger partial charge in [0.1, 0.15) is 6.54 Å². The molecule has 156 valence electrons. The molecule has 1 unspecified atom stereocenters. The van der Waals surface area contributed by atoms with Crippen LogP contribution >= 0.6 is 11.8 Å². The molecule has 4 rings (SSSR count). The predicted molar refractivity (Wildman–Crippen MR) is 121 cm³/mol. The average Bonchev–Trinajstić information content (AvgIpc) is 2.91. The van der Waals surface area contributed by atoms with Crippen molar-refractivity contribution < 1.29 is 9.69 Å². The fourth-order valence-corrected chi connectivity index (χ4v) is 4.94. The van der Waals surface area contributed by atoms with E-state index in [4.69, 9.17) is 0 Å². The van der Waals surface area contributed by atoms with E-state index in [2.05, 4.69) is 29.9 Å². The lowest BCUT2D eigenvalue weighted by molar-refractivity contribution is -0.904. The Balaban J connectivity index is 1.53. The zero-order chi connectivity index (χ0) is 21.1. The quantitative estimate of drug-likeness (QED) is 0.660. The Labute approximate surface area is 180 Å². The molecule has 0 radical (unpaired) electrons. The summed E-state index contributed by atoms with van der Waals surface area (Å²) in [6.45, 7) is 6.62. The normalized spacial score (nSPS) is 17.4. The molecular formula is C23H27N4O2S+. The van der Waals surface area contributed by atoms with Gasteiger partial charge in [0.2, 0.25) is 0 Å². The van der Waals surface area contributed by atoms with Crippen LogP contribution in [-0.2, 0) is 11.3 Å². The van der Waals surface area contributed by atoms with E-state index in [1.165, 1.54) is 0 Å². The number of aromatic nitrogens is 2. The van der Waals surface area contributed by atoms with Crippen LogP contribution in [0.3, 0.4) is 0 Å². The van der Waals surface area contributed by atoms with Crippen LogP contribution in [0.5, 0.6) is 0 Å². The van der Waals surface area contributed by atoms with Crippen LogP contribution in [0.2, 0.25) is 0 Å². The molecule has 7 heteroatoms. The highest BCUT2D eigenvalue weighted by atomic mass is 32.2. The summed E-state index contributed by atoms with van der Waals surface area (Å²) >= 11 is 1.83. The van der Waals surface area contributed by atoms with E-state index < -0.39 is 0 Å². The number of hydrogen-bond donors (Lipinski definition) is 2. The number of amides is 1. The van der Waals surface area contributed by atoms with Crippen LogP contribution in [0, 0.1) is 0 Å². The number of H-pyrrole nitrogens is 1. The van der Waals surface area contributed by atoms with Gasteiger partial charge in [0.05, 0.1) is 23.1 Å². The molecule has 1 aliphatic rings. The fourth-order valence-electron chi connectivity index (χ4n) is 3.82. The van der Waals surface area contributed by atoms with Gasteiger partial charge < -0.3 is 14.8 Å². The van der Waals surface area contributed by atoms with Crippen molar-refractivity contribution in [3.05, 3.63) is 64.7 Å². The van der Waals surface area contributed by atoms with Gasteiger partial charge in [0, 0.05) is 16.7 Å². The third-order valence-corrected chi connectivity index (χ3v) is 6.76. The maximum absolute atomic E-state index is 13.3. The zero-order valence-electron chi connectivity index (χ0n) is 17.4. The molecular weight excluding hydrogens is 396 g/mol. The molecule has 0 saturated heterocycles. The molecule has 1 amide bonds. The van der Waals surface area contributed by atoms with Crippen LogP contribution in [0.25, 0.3) is 10.9 Å². The highest BCUT2D eigenvalue weighted by Gasteiger charge is 2.26. The van der Waals surface area contributed by atoms with Gasteiger partial charge in [-0.25, -0.2) is 4.98 Å². The standard InChI is InChI=1S/C23H26N4O2S/c1-3-26(14-21-24-18-9-5-4-8-17(18)23(29)25-21)15-22(28)27-13-12-16(2)30-20-11-7-6-10-19(20)27/h4-11,16H,3,12-15H2,1-2H3,(H,24,25,29)/p+1/t16-/m1/s1. The number of carbonyl (C=O) groups excluding carboxylic acids is 1. The number of hydrogen-bond acceptors (Lipinski definition) is 4. The largest absolute Gasteiger partial charge is 0.321 e. The maximum Gasteiger partial charge on any atom is 0.282 e. The summed E-state index contributed by atoms with van der Waals surface area (Å²) in [5.41, 5.74) is 1.56. The third-order valence-electron chi connectivity index (χ3n) is 5.53. The number of likely N-dealkylation sites (N-methyl/N-ethyl adjacent to an activating group) is 1. The summed E-state index contributed by atoms with van der Waals surface area (Å²) in [7, 11) is 0. The van der Waals surface area contributed by atoms with E-state index in [1.807, 2.05) is 53.1 Å². The summed E-state index contributed by atoms with van der Waals surface area (Å²) in [6, 6.07) is 15.5. The number of benzene rings is 2. The molecule has 1 aromatic heterocycles. The van der Waals surface area contributed by atoms with E-state index >= 15 is 0 Å². The molecule has 0 fully saturated rings. The summed E-state index contributed by atoms with van der Waals surface area (Å²) in [5.74, 6) is 0.723. The SMILES string of the molecule is CC[NH+](CC(=O)N1CC[C@@H](C)Sc2ccccc21)Cc1nc2ccccc2c(=O)[nH]1. The van der Waals surface area contributed by atoms with Crippen molar-refractivity contribution >= 4 is 34.3 Å². The molecule has 0 spiro atoms. The Morgan fingerprint density at radius 2 is 2.00 bits per heavy atom. The fraction of sp³-hybridized carbons (Fsp3) is 0.348. The van der Waals surface area contributed by atoms with Crippen molar-refractivity contribution in [1.29, 1.82) is 0 Å². The second-order valence-corrected chi connectivity index (χ2v) is 9.20. The minimum absolute atomic E-state index is 0.108. The first-order valence-corrected chi connectivity index (χ1v) is 11.3.